The van der Waals surface area contributed by atoms with Crippen molar-refractivity contribution in [3.8, 4) is 0 Å². The predicted molar refractivity (Wildman–Crippen MR) is 50.4 cm³/mol. The van der Waals surface area contributed by atoms with Crippen molar-refractivity contribution in [2.45, 2.75) is 0 Å². The third-order valence-corrected chi connectivity index (χ3v) is 1.41. The summed E-state index contributed by atoms with van der Waals surface area (Å²) < 4.78 is 0. The first-order valence-corrected chi connectivity index (χ1v) is 3.42. The molecule has 62 valence electrons. The fourth-order valence-corrected chi connectivity index (χ4v) is 0.820. The van der Waals surface area contributed by atoms with Crippen LogP contribution in [-0.4, -0.2) is 17.2 Å². The van der Waals surface area contributed by atoms with Crippen molar-refractivity contribution in [2.75, 3.05) is 0 Å². The van der Waals surface area contributed by atoms with Gasteiger partial charge in [0, 0.05) is 5.69 Å². The Morgan fingerprint density at radius 1 is 1.67 bits per heavy atom. The minimum atomic E-state index is 0.304. The highest BCUT2D eigenvalue weighted by Crippen LogP contribution is 2.01. The second-order valence-electron chi connectivity index (χ2n) is 2.17. The summed E-state index contributed by atoms with van der Waals surface area (Å²) in [6, 6.07) is 3.63. The van der Waals surface area contributed by atoms with Crippen LogP contribution < -0.4 is 5.73 Å². The molecular weight excluding hydrogens is 152 g/mol. The molecule has 1 aromatic heterocycles. The van der Waals surface area contributed by atoms with E-state index < -0.39 is 0 Å². The number of H-pyrrole nitrogens is 1. The van der Waals surface area contributed by atoms with Crippen LogP contribution in [0.4, 0.5) is 0 Å². The largest absolute Gasteiger partial charge is 0.382 e. The lowest BCUT2D eigenvalue weighted by molar-refractivity contribution is 1.32. The van der Waals surface area contributed by atoms with Gasteiger partial charge in [0.1, 0.15) is 12.2 Å². The third-order valence-electron chi connectivity index (χ3n) is 1.41. The number of aliphatic imine (C=N–C) groups is 1. The maximum atomic E-state index is 6.71. The number of amidine groups is 1. The molecule has 1 rings (SSSR count). The molecule has 0 bridgehead atoms. The smallest absolute Gasteiger partial charge is 0.148 e. The number of aromatic amines is 1. The van der Waals surface area contributed by atoms with Crippen LogP contribution in [0.5, 0.6) is 0 Å². The molecule has 0 saturated heterocycles. The summed E-state index contributed by atoms with van der Waals surface area (Å²) >= 11 is 0. The van der Waals surface area contributed by atoms with Crippen LogP contribution in [0, 0.1) is 5.41 Å². The van der Waals surface area contributed by atoms with Gasteiger partial charge in [-0.15, -0.1) is 0 Å². The molecule has 0 unspecified atom stereocenters. The van der Waals surface area contributed by atoms with Gasteiger partial charge in [0.2, 0.25) is 0 Å². The third kappa shape index (κ3) is 1.60. The highest BCUT2D eigenvalue weighted by atomic mass is 14.9. The molecule has 0 radical (unpaired) electrons. The molecule has 4 N–H and O–H groups in total. The van der Waals surface area contributed by atoms with E-state index in [4.69, 9.17) is 11.1 Å². The Labute approximate surface area is 70.3 Å². The number of hydrogen-bond donors (Lipinski definition) is 3. The van der Waals surface area contributed by atoms with Gasteiger partial charge in [0.15, 0.2) is 0 Å². The van der Waals surface area contributed by atoms with Gasteiger partial charge < -0.3 is 10.7 Å². The minimum absolute atomic E-state index is 0.304. The summed E-state index contributed by atoms with van der Waals surface area (Å²) in [6.45, 7) is 3.59. The number of rotatable bonds is 3. The highest BCUT2D eigenvalue weighted by Gasteiger charge is 1.98. The molecule has 0 aliphatic rings. The number of hydrogen-bond acceptors (Lipinski definition) is 1. The van der Waals surface area contributed by atoms with Crippen LogP contribution in [0.1, 0.15) is 11.4 Å². The van der Waals surface area contributed by atoms with E-state index in [-0.39, 0.29) is 0 Å². The highest BCUT2D eigenvalue weighted by molar-refractivity contribution is 5.99. The van der Waals surface area contributed by atoms with Crippen molar-refractivity contribution < 1.29 is 0 Å². The zero-order valence-corrected chi connectivity index (χ0v) is 6.54. The number of aromatic nitrogens is 1. The van der Waals surface area contributed by atoms with E-state index >= 15 is 0 Å². The van der Waals surface area contributed by atoms with Crippen molar-refractivity contribution in [1.82, 2.24) is 4.98 Å². The Hall–Kier alpha value is -1.84. The molecule has 12 heavy (non-hydrogen) atoms. The maximum absolute atomic E-state index is 6.71. The molecule has 4 heteroatoms. The molecular formula is C8H10N4. The first kappa shape index (κ1) is 8.26. The van der Waals surface area contributed by atoms with Gasteiger partial charge in [-0.2, -0.15) is 0 Å². The second kappa shape index (κ2) is 3.52. The summed E-state index contributed by atoms with van der Waals surface area (Å²) in [5.41, 5.74) is 7.09. The van der Waals surface area contributed by atoms with Gasteiger partial charge in [0.05, 0.1) is 5.69 Å². The summed E-state index contributed by atoms with van der Waals surface area (Å²) in [6.07, 6.45) is 2.59. The Balaban J connectivity index is 2.95. The number of nitrogens with zero attached hydrogens (tertiary/aromatic N) is 1. The number of nitrogens with two attached hydrogens (primary N) is 1. The van der Waals surface area contributed by atoms with Crippen LogP contribution in [0.3, 0.4) is 0 Å². The van der Waals surface area contributed by atoms with Crippen molar-refractivity contribution in [2.24, 2.45) is 10.7 Å². The first-order chi connectivity index (χ1) is 5.77. The van der Waals surface area contributed by atoms with E-state index in [9.17, 15) is 0 Å². The molecule has 0 aliphatic heterocycles. The van der Waals surface area contributed by atoms with E-state index in [1.165, 1.54) is 0 Å². The predicted octanol–water partition coefficient (Wildman–Crippen LogP) is 0.970. The SMILES string of the molecule is C=Cc1ccc(/C(N)=N\C=N)[nH]1. The normalized spacial score (nSPS) is 11.2. The van der Waals surface area contributed by atoms with Crippen molar-refractivity contribution in [1.29, 1.82) is 5.41 Å². The van der Waals surface area contributed by atoms with Crippen LogP contribution in [-0.2, 0) is 0 Å². The molecule has 0 amide bonds. The van der Waals surface area contributed by atoms with E-state index in [1.807, 2.05) is 6.07 Å². The summed E-state index contributed by atoms with van der Waals surface area (Å²) in [7, 11) is 0. The molecule has 0 fully saturated rings. The van der Waals surface area contributed by atoms with Crippen molar-refractivity contribution >= 4 is 18.3 Å². The minimum Gasteiger partial charge on any atom is -0.382 e. The van der Waals surface area contributed by atoms with Gasteiger partial charge in [-0.1, -0.05) is 6.58 Å². The van der Waals surface area contributed by atoms with Crippen LogP contribution >= 0.6 is 0 Å². The molecule has 0 atom stereocenters. The van der Waals surface area contributed by atoms with Crippen molar-refractivity contribution in [3.63, 3.8) is 0 Å². The Bertz CT molecular complexity index is 322. The summed E-state index contributed by atoms with van der Waals surface area (Å²) in [5, 5.41) is 6.71. The van der Waals surface area contributed by atoms with Gasteiger partial charge in [-0.3, -0.25) is 5.41 Å². The van der Waals surface area contributed by atoms with E-state index in [2.05, 4.69) is 16.6 Å². The van der Waals surface area contributed by atoms with Gasteiger partial charge >= 0.3 is 0 Å². The fourth-order valence-electron chi connectivity index (χ4n) is 0.820. The van der Waals surface area contributed by atoms with Gasteiger partial charge in [-0.25, -0.2) is 4.99 Å². The second-order valence-corrected chi connectivity index (χ2v) is 2.17. The molecule has 0 aliphatic carbocycles. The van der Waals surface area contributed by atoms with Gasteiger partial charge in [-0.05, 0) is 18.2 Å². The van der Waals surface area contributed by atoms with E-state index in [0.29, 0.717) is 11.5 Å². The fraction of sp³-hybridized carbons (Fsp3) is 0. The Kier molecular flexibility index (Phi) is 2.42. The van der Waals surface area contributed by atoms with Gasteiger partial charge in [0.25, 0.3) is 0 Å². The number of nitrogens with one attached hydrogen (secondary N) is 2. The summed E-state index contributed by atoms with van der Waals surface area (Å²) in [5.74, 6) is 0.304. The van der Waals surface area contributed by atoms with E-state index in [1.54, 1.807) is 12.1 Å². The zero-order chi connectivity index (χ0) is 8.97. The maximum Gasteiger partial charge on any atom is 0.148 e. The first-order valence-electron chi connectivity index (χ1n) is 3.42. The van der Waals surface area contributed by atoms with Crippen LogP contribution in [0.15, 0.2) is 23.7 Å². The molecule has 1 aromatic rings. The van der Waals surface area contributed by atoms with Crippen molar-refractivity contribution in [3.05, 3.63) is 30.1 Å². The lowest BCUT2D eigenvalue weighted by atomic mass is 10.4. The molecule has 0 aromatic carbocycles. The lowest BCUT2D eigenvalue weighted by Crippen LogP contribution is -2.13. The van der Waals surface area contributed by atoms with Crippen LogP contribution in [0.2, 0.25) is 0 Å². The lowest BCUT2D eigenvalue weighted by Gasteiger charge is -1.92. The molecule has 0 spiro atoms. The monoisotopic (exact) mass is 162 g/mol. The molecule has 4 nitrogen and oxygen atoms in total. The van der Waals surface area contributed by atoms with E-state index in [0.717, 1.165) is 12.0 Å². The summed E-state index contributed by atoms with van der Waals surface area (Å²) in [4.78, 5) is 6.58. The topological polar surface area (TPSA) is 78.0 Å². The zero-order valence-electron chi connectivity index (χ0n) is 6.54. The standard InChI is InChI=1S/C8H10N4/c1-2-6-3-4-7(12-6)8(10)11-5-9/h2-5,12H,1H2,(H3,9,10,11). The molecule has 0 saturated carbocycles. The Morgan fingerprint density at radius 3 is 2.92 bits per heavy atom. The average Bonchev–Trinajstić information content (AvgIpc) is 2.52. The molecule has 1 heterocycles. The Morgan fingerprint density at radius 2 is 2.42 bits per heavy atom. The van der Waals surface area contributed by atoms with Crippen LogP contribution in [0.25, 0.3) is 6.08 Å². The quantitative estimate of drug-likeness (QED) is 0.449. The average molecular weight is 162 g/mol.